The van der Waals surface area contributed by atoms with Crippen LogP contribution in [0.25, 0.3) is 6.08 Å². The van der Waals surface area contributed by atoms with Crippen molar-refractivity contribution in [3.8, 4) is 0 Å². The molecule has 0 aliphatic rings. The van der Waals surface area contributed by atoms with Gasteiger partial charge < -0.3 is 0 Å². The van der Waals surface area contributed by atoms with E-state index < -0.39 is 16.7 Å². The summed E-state index contributed by atoms with van der Waals surface area (Å²) in [6.45, 7) is 3.34. The van der Waals surface area contributed by atoms with Crippen molar-refractivity contribution in [2.24, 2.45) is 0 Å². The van der Waals surface area contributed by atoms with Gasteiger partial charge in [-0.15, -0.1) is 0 Å². The summed E-state index contributed by atoms with van der Waals surface area (Å²) in [5.41, 5.74) is 0.205. The number of benzene rings is 1. The summed E-state index contributed by atoms with van der Waals surface area (Å²) in [7, 11) is 0. The summed E-state index contributed by atoms with van der Waals surface area (Å²) < 4.78 is 25.3. The molecule has 1 rings (SSSR count). The first-order valence-electron chi connectivity index (χ1n) is 2.92. The Labute approximate surface area is 68.1 Å². The summed E-state index contributed by atoms with van der Waals surface area (Å²) in [5, 5.41) is -0.484. The third kappa shape index (κ3) is 1.40. The van der Waals surface area contributed by atoms with E-state index in [0.717, 1.165) is 6.07 Å². The van der Waals surface area contributed by atoms with Crippen molar-refractivity contribution in [3.63, 3.8) is 0 Å². The second kappa shape index (κ2) is 3.01. The van der Waals surface area contributed by atoms with E-state index in [1.54, 1.807) is 0 Å². The van der Waals surface area contributed by atoms with Gasteiger partial charge in [-0.05, 0) is 12.1 Å². The van der Waals surface area contributed by atoms with Crippen molar-refractivity contribution in [2.75, 3.05) is 0 Å². The Morgan fingerprint density at radius 1 is 1.36 bits per heavy atom. The van der Waals surface area contributed by atoms with E-state index in [-0.39, 0.29) is 5.56 Å². The Kier molecular flexibility index (Phi) is 2.25. The Balaban J connectivity index is 3.36. The fourth-order valence-corrected chi connectivity index (χ4v) is 0.871. The lowest BCUT2D eigenvalue weighted by atomic mass is 10.2. The summed E-state index contributed by atoms with van der Waals surface area (Å²) >= 11 is 5.26. The first kappa shape index (κ1) is 8.21. The standard InChI is InChI=1S/C8H5ClF2/c1-2-5-3-4-6(10)7(9)8(5)11/h2-4H,1H2. The van der Waals surface area contributed by atoms with Crippen molar-refractivity contribution >= 4 is 17.7 Å². The van der Waals surface area contributed by atoms with Crippen LogP contribution in [0.2, 0.25) is 5.02 Å². The molecular formula is C8H5ClF2. The normalized spacial score (nSPS) is 9.73. The number of hydrogen-bond donors (Lipinski definition) is 0. The molecule has 0 saturated carbocycles. The van der Waals surface area contributed by atoms with Crippen LogP contribution in [-0.2, 0) is 0 Å². The van der Waals surface area contributed by atoms with Crippen LogP contribution in [0.15, 0.2) is 18.7 Å². The number of halogens is 3. The van der Waals surface area contributed by atoms with Gasteiger partial charge in [0.2, 0.25) is 0 Å². The van der Waals surface area contributed by atoms with Crippen LogP contribution in [0.4, 0.5) is 8.78 Å². The fourth-order valence-electron chi connectivity index (χ4n) is 0.698. The average Bonchev–Trinajstić information content (AvgIpc) is 2.01. The molecule has 3 heteroatoms. The van der Waals surface area contributed by atoms with Gasteiger partial charge in [0.25, 0.3) is 0 Å². The molecule has 0 fully saturated rings. The molecule has 0 unspecified atom stereocenters. The predicted octanol–water partition coefficient (Wildman–Crippen LogP) is 3.26. The minimum atomic E-state index is -0.762. The summed E-state index contributed by atoms with van der Waals surface area (Å²) in [6.07, 6.45) is 1.28. The maximum Gasteiger partial charge on any atom is 0.151 e. The highest BCUT2D eigenvalue weighted by atomic mass is 35.5. The molecule has 0 radical (unpaired) electrons. The minimum absolute atomic E-state index is 0.205. The largest absolute Gasteiger partial charge is 0.205 e. The van der Waals surface area contributed by atoms with E-state index in [1.807, 2.05) is 0 Å². The molecule has 1 aromatic rings. The Hall–Kier alpha value is -0.890. The quantitative estimate of drug-likeness (QED) is 0.574. The molecule has 0 spiro atoms. The van der Waals surface area contributed by atoms with Crippen LogP contribution in [0.5, 0.6) is 0 Å². The lowest BCUT2D eigenvalue weighted by Crippen LogP contribution is -1.86. The molecule has 0 aliphatic heterocycles. The molecule has 11 heavy (non-hydrogen) atoms. The van der Waals surface area contributed by atoms with Gasteiger partial charge in [-0.2, -0.15) is 0 Å². The smallest absolute Gasteiger partial charge is 0.151 e. The summed E-state index contributed by atoms with van der Waals surface area (Å²) in [4.78, 5) is 0. The van der Waals surface area contributed by atoms with Gasteiger partial charge >= 0.3 is 0 Å². The topological polar surface area (TPSA) is 0 Å². The maximum absolute atomic E-state index is 12.8. The maximum atomic E-state index is 12.8. The molecule has 0 heterocycles. The second-order valence-electron chi connectivity index (χ2n) is 1.97. The zero-order valence-electron chi connectivity index (χ0n) is 5.57. The lowest BCUT2D eigenvalue weighted by Gasteiger charge is -1.98. The fraction of sp³-hybridized carbons (Fsp3) is 0. The molecule has 0 bridgehead atoms. The molecule has 0 aromatic heterocycles. The zero-order valence-corrected chi connectivity index (χ0v) is 6.33. The van der Waals surface area contributed by atoms with Gasteiger partial charge in [-0.25, -0.2) is 8.78 Å². The average molecular weight is 175 g/mol. The van der Waals surface area contributed by atoms with Crippen LogP contribution < -0.4 is 0 Å². The van der Waals surface area contributed by atoms with Crippen LogP contribution >= 0.6 is 11.6 Å². The summed E-state index contributed by atoms with van der Waals surface area (Å²) in [5.74, 6) is -1.52. The molecular weight excluding hydrogens is 170 g/mol. The van der Waals surface area contributed by atoms with E-state index in [1.165, 1.54) is 12.1 Å². The molecule has 0 saturated heterocycles. The van der Waals surface area contributed by atoms with Crippen LogP contribution in [-0.4, -0.2) is 0 Å². The zero-order chi connectivity index (χ0) is 8.43. The Morgan fingerprint density at radius 2 is 2.00 bits per heavy atom. The number of rotatable bonds is 1. The van der Waals surface area contributed by atoms with Crippen molar-refractivity contribution < 1.29 is 8.78 Å². The van der Waals surface area contributed by atoms with Crippen molar-refractivity contribution in [1.29, 1.82) is 0 Å². The van der Waals surface area contributed by atoms with E-state index >= 15 is 0 Å². The molecule has 1 aromatic carbocycles. The minimum Gasteiger partial charge on any atom is -0.205 e. The van der Waals surface area contributed by atoms with Gasteiger partial charge in [-0.3, -0.25) is 0 Å². The molecule has 58 valence electrons. The predicted molar refractivity (Wildman–Crippen MR) is 41.5 cm³/mol. The first-order chi connectivity index (χ1) is 5.16. The van der Waals surface area contributed by atoms with Gasteiger partial charge in [0.05, 0.1) is 0 Å². The van der Waals surface area contributed by atoms with Crippen LogP contribution in [0.1, 0.15) is 5.56 Å². The van der Waals surface area contributed by atoms with Crippen molar-refractivity contribution in [1.82, 2.24) is 0 Å². The highest BCUT2D eigenvalue weighted by Crippen LogP contribution is 2.22. The molecule has 0 atom stereocenters. The highest BCUT2D eigenvalue weighted by molar-refractivity contribution is 6.31. The monoisotopic (exact) mass is 174 g/mol. The first-order valence-corrected chi connectivity index (χ1v) is 3.30. The lowest BCUT2D eigenvalue weighted by molar-refractivity contribution is 0.582. The third-order valence-electron chi connectivity index (χ3n) is 1.28. The van der Waals surface area contributed by atoms with Gasteiger partial charge in [0, 0.05) is 5.56 Å². The van der Waals surface area contributed by atoms with Crippen molar-refractivity contribution in [2.45, 2.75) is 0 Å². The van der Waals surface area contributed by atoms with E-state index in [0.29, 0.717) is 0 Å². The number of hydrogen-bond acceptors (Lipinski definition) is 0. The Morgan fingerprint density at radius 3 is 2.55 bits per heavy atom. The molecule has 0 N–H and O–H groups in total. The van der Waals surface area contributed by atoms with Gasteiger partial charge in [0.15, 0.2) is 5.82 Å². The van der Waals surface area contributed by atoms with Gasteiger partial charge in [-0.1, -0.05) is 24.3 Å². The van der Waals surface area contributed by atoms with E-state index in [2.05, 4.69) is 6.58 Å². The molecule has 0 nitrogen and oxygen atoms in total. The van der Waals surface area contributed by atoms with Gasteiger partial charge in [0.1, 0.15) is 10.8 Å². The third-order valence-corrected chi connectivity index (χ3v) is 1.63. The SMILES string of the molecule is C=Cc1ccc(F)c(Cl)c1F. The van der Waals surface area contributed by atoms with Crippen molar-refractivity contribution in [3.05, 3.63) is 40.9 Å². The highest BCUT2D eigenvalue weighted by Gasteiger charge is 2.08. The summed E-state index contributed by atoms with van der Waals surface area (Å²) in [6, 6.07) is 2.38. The van der Waals surface area contributed by atoms with Crippen LogP contribution in [0.3, 0.4) is 0 Å². The Bertz CT molecular complexity index is 294. The molecule has 0 aliphatic carbocycles. The van der Waals surface area contributed by atoms with Crippen LogP contribution in [0, 0.1) is 11.6 Å². The molecule has 0 amide bonds. The van der Waals surface area contributed by atoms with E-state index in [9.17, 15) is 8.78 Å². The van der Waals surface area contributed by atoms with E-state index in [4.69, 9.17) is 11.6 Å². The second-order valence-corrected chi connectivity index (χ2v) is 2.35.